The minimum atomic E-state index is 0.505. The van der Waals surface area contributed by atoms with Crippen LogP contribution in [0.3, 0.4) is 0 Å². The highest BCUT2D eigenvalue weighted by molar-refractivity contribution is 7.80. The summed E-state index contributed by atoms with van der Waals surface area (Å²) in [5.74, 6) is 0. The van der Waals surface area contributed by atoms with E-state index in [0.717, 1.165) is 18.5 Å². The van der Waals surface area contributed by atoms with Crippen LogP contribution in [0.15, 0.2) is 18.2 Å². The van der Waals surface area contributed by atoms with Crippen molar-refractivity contribution in [1.82, 2.24) is 0 Å². The molecule has 1 fully saturated rings. The average molecular weight is 248 g/mol. The van der Waals surface area contributed by atoms with Crippen LogP contribution in [0.2, 0.25) is 0 Å². The molecule has 1 aliphatic carbocycles. The van der Waals surface area contributed by atoms with Gasteiger partial charge in [0.15, 0.2) is 0 Å². The minimum Gasteiger partial charge on any atom is -0.389 e. The zero-order chi connectivity index (χ0) is 12.4. The van der Waals surface area contributed by atoms with Gasteiger partial charge in [-0.3, -0.25) is 0 Å². The van der Waals surface area contributed by atoms with Crippen molar-refractivity contribution >= 4 is 22.9 Å². The molecule has 2 N–H and O–H groups in total. The van der Waals surface area contributed by atoms with Gasteiger partial charge >= 0.3 is 0 Å². The van der Waals surface area contributed by atoms with E-state index in [4.69, 9.17) is 18.0 Å². The zero-order valence-electron chi connectivity index (χ0n) is 10.6. The summed E-state index contributed by atoms with van der Waals surface area (Å²) in [6, 6.07) is 6.91. The Hall–Kier alpha value is -1.09. The summed E-state index contributed by atoms with van der Waals surface area (Å²) in [5.41, 5.74) is 9.40. The first-order valence-corrected chi connectivity index (χ1v) is 6.72. The standard InChI is InChI=1S/C14H20N2S/c1-3-9-16(11-7-8-11)13-10(2)5-4-6-12(13)14(15)17/h4-6,11H,3,7-9H2,1-2H3,(H2,15,17). The van der Waals surface area contributed by atoms with Gasteiger partial charge in [0.1, 0.15) is 4.99 Å². The van der Waals surface area contributed by atoms with Crippen molar-refractivity contribution in [3.63, 3.8) is 0 Å². The Kier molecular flexibility index (Phi) is 3.67. The predicted octanol–water partition coefficient (Wildman–Crippen LogP) is 3.01. The first-order valence-electron chi connectivity index (χ1n) is 6.31. The molecular weight excluding hydrogens is 228 g/mol. The molecule has 1 aromatic carbocycles. The van der Waals surface area contributed by atoms with Gasteiger partial charge in [0.2, 0.25) is 0 Å². The number of aryl methyl sites for hydroxylation is 1. The average Bonchev–Trinajstić information content (AvgIpc) is 3.10. The number of benzene rings is 1. The molecule has 0 amide bonds. The van der Waals surface area contributed by atoms with Crippen molar-refractivity contribution in [2.75, 3.05) is 11.4 Å². The Morgan fingerprint density at radius 1 is 1.47 bits per heavy atom. The number of thiocarbonyl (C=S) groups is 1. The van der Waals surface area contributed by atoms with Crippen LogP contribution in [0.4, 0.5) is 5.69 Å². The second kappa shape index (κ2) is 5.05. The molecule has 17 heavy (non-hydrogen) atoms. The first-order chi connectivity index (χ1) is 8.15. The molecule has 0 aliphatic heterocycles. The SMILES string of the molecule is CCCN(c1c(C)cccc1C(N)=S)C1CC1. The van der Waals surface area contributed by atoms with Crippen molar-refractivity contribution in [3.8, 4) is 0 Å². The van der Waals surface area contributed by atoms with Crippen LogP contribution < -0.4 is 10.6 Å². The molecule has 3 heteroatoms. The molecule has 0 saturated heterocycles. The normalized spacial score (nSPS) is 14.7. The second-order valence-corrected chi connectivity index (χ2v) is 5.20. The number of rotatable bonds is 5. The van der Waals surface area contributed by atoms with Crippen LogP contribution in [-0.2, 0) is 0 Å². The van der Waals surface area contributed by atoms with Gasteiger partial charge in [-0.05, 0) is 37.8 Å². The van der Waals surface area contributed by atoms with E-state index in [-0.39, 0.29) is 0 Å². The highest BCUT2D eigenvalue weighted by Crippen LogP contribution is 2.35. The number of para-hydroxylation sites is 1. The van der Waals surface area contributed by atoms with Crippen LogP contribution >= 0.6 is 12.2 Å². The van der Waals surface area contributed by atoms with Gasteiger partial charge in [-0.15, -0.1) is 0 Å². The maximum atomic E-state index is 5.84. The van der Waals surface area contributed by atoms with Crippen molar-refractivity contribution in [3.05, 3.63) is 29.3 Å². The van der Waals surface area contributed by atoms with Gasteiger partial charge in [0.25, 0.3) is 0 Å². The molecule has 1 aromatic rings. The quantitative estimate of drug-likeness (QED) is 0.812. The summed E-state index contributed by atoms with van der Waals surface area (Å²) >= 11 is 5.17. The van der Waals surface area contributed by atoms with Gasteiger partial charge in [-0.1, -0.05) is 31.3 Å². The summed E-state index contributed by atoms with van der Waals surface area (Å²) in [5, 5.41) is 0. The van der Waals surface area contributed by atoms with Crippen LogP contribution in [0.1, 0.15) is 37.3 Å². The molecule has 1 aliphatic rings. The van der Waals surface area contributed by atoms with Gasteiger partial charge in [-0.2, -0.15) is 0 Å². The number of anilines is 1. The minimum absolute atomic E-state index is 0.505. The summed E-state index contributed by atoms with van der Waals surface area (Å²) in [6.45, 7) is 5.45. The summed E-state index contributed by atoms with van der Waals surface area (Å²) in [4.78, 5) is 2.99. The van der Waals surface area contributed by atoms with Crippen molar-refractivity contribution in [1.29, 1.82) is 0 Å². The van der Waals surface area contributed by atoms with E-state index in [9.17, 15) is 0 Å². The molecule has 0 radical (unpaired) electrons. The molecule has 0 atom stereocenters. The molecule has 0 heterocycles. The lowest BCUT2D eigenvalue weighted by molar-refractivity contribution is 0.760. The molecule has 2 nitrogen and oxygen atoms in total. The molecule has 0 spiro atoms. The molecule has 1 saturated carbocycles. The Balaban J connectivity index is 2.43. The van der Waals surface area contributed by atoms with Crippen molar-refractivity contribution < 1.29 is 0 Å². The fourth-order valence-corrected chi connectivity index (χ4v) is 2.51. The van der Waals surface area contributed by atoms with E-state index in [1.54, 1.807) is 0 Å². The largest absolute Gasteiger partial charge is 0.389 e. The molecule has 92 valence electrons. The Morgan fingerprint density at radius 3 is 2.71 bits per heavy atom. The van der Waals surface area contributed by atoms with E-state index in [1.807, 2.05) is 12.1 Å². The van der Waals surface area contributed by atoms with Gasteiger partial charge in [-0.25, -0.2) is 0 Å². The highest BCUT2D eigenvalue weighted by atomic mass is 32.1. The number of hydrogen-bond donors (Lipinski definition) is 1. The Labute approximate surface area is 109 Å². The van der Waals surface area contributed by atoms with Crippen molar-refractivity contribution in [2.24, 2.45) is 5.73 Å². The fraction of sp³-hybridized carbons (Fsp3) is 0.500. The molecular formula is C14H20N2S. The third-order valence-corrected chi connectivity index (χ3v) is 3.46. The third-order valence-electron chi connectivity index (χ3n) is 3.24. The molecule has 2 rings (SSSR count). The number of nitrogens with zero attached hydrogens (tertiary/aromatic N) is 1. The maximum Gasteiger partial charge on any atom is 0.106 e. The van der Waals surface area contributed by atoms with Crippen LogP contribution in [0, 0.1) is 6.92 Å². The van der Waals surface area contributed by atoms with Crippen LogP contribution in [0.5, 0.6) is 0 Å². The maximum absolute atomic E-state index is 5.84. The fourth-order valence-electron chi connectivity index (χ4n) is 2.34. The lowest BCUT2D eigenvalue weighted by Crippen LogP contribution is -2.29. The van der Waals surface area contributed by atoms with Gasteiger partial charge < -0.3 is 10.6 Å². The Morgan fingerprint density at radius 2 is 2.18 bits per heavy atom. The third kappa shape index (κ3) is 2.60. The van der Waals surface area contributed by atoms with Gasteiger partial charge in [0.05, 0.1) is 5.69 Å². The van der Waals surface area contributed by atoms with Gasteiger partial charge in [0, 0.05) is 18.2 Å². The van der Waals surface area contributed by atoms with Crippen LogP contribution in [0.25, 0.3) is 0 Å². The monoisotopic (exact) mass is 248 g/mol. The zero-order valence-corrected chi connectivity index (χ0v) is 11.4. The molecule has 0 bridgehead atoms. The molecule has 0 unspecified atom stereocenters. The summed E-state index contributed by atoms with van der Waals surface area (Å²) in [6.07, 6.45) is 3.75. The van der Waals surface area contributed by atoms with E-state index >= 15 is 0 Å². The Bertz CT molecular complexity index is 424. The summed E-state index contributed by atoms with van der Waals surface area (Å²) < 4.78 is 0. The lowest BCUT2D eigenvalue weighted by atomic mass is 10.1. The smallest absolute Gasteiger partial charge is 0.106 e. The summed E-state index contributed by atoms with van der Waals surface area (Å²) in [7, 11) is 0. The second-order valence-electron chi connectivity index (χ2n) is 4.76. The molecule has 0 aromatic heterocycles. The lowest BCUT2D eigenvalue weighted by Gasteiger charge is -2.28. The van der Waals surface area contributed by atoms with E-state index in [2.05, 4.69) is 24.8 Å². The van der Waals surface area contributed by atoms with Crippen LogP contribution in [-0.4, -0.2) is 17.6 Å². The van der Waals surface area contributed by atoms with Crippen molar-refractivity contribution in [2.45, 2.75) is 39.2 Å². The first kappa shape index (κ1) is 12.4. The van der Waals surface area contributed by atoms with E-state index in [1.165, 1.54) is 24.1 Å². The van der Waals surface area contributed by atoms with E-state index < -0.39 is 0 Å². The number of hydrogen-bond acceptors (Lipinski definition) is 2. The topological polar surface area (TPSA) is 29.3 Å². The number of nitrogens with two attached hydrogens (primary N) is 1. The predicted molar refractivity (Wildman–Crippen MR) is 77.7 cm³/mol. The van der Waals surface area contributed by atoms with E-state index in [0.29, 0.717) is 11.0 Å². The highest BCUT2D eigenvalue weighted by Gasteiger charge is 2.30.